The summed E-state index contributed by atoms with van der Waals surface area (Å²) in [5.74, 6) is 0. The number of hydrogen-bond donors (Lipinski definition) is 0. The molecule has 0 bridgehead atoms. The van der Waals surface area contributed by atoms with Crippen LogP contribution < -0.4 is 5.69 Å². The molecular weight excluding hydrogens is 407 g/mol. The van der Waals surface area contributed by atoms with Crippen molar-refractivity contribution < 1.29 is 13.2 Å². The molecule has 0 amide bonds. The van der Waals surface area contributed by atoms with E-state index in [-0.39, 0.29) is 5.69 Å². The lowest BCUT2D eigenvalue weighted by molar-refractivity contribution is -0.137. The van der Waals surface area contributed by atoms with Crippen molar-refractivity contribution in [2.75, 3.05) is 0 Å². The molecule has 156 valence electrons. The van der Waals surface area contributed by atoms with Gasteiger partial charge < -0.3 is 0 Å². The number of halogens is 3. The summed E-state index contributed by atoms with van der Waals surface area (Å²) >= 11 is 0. The third-order valence-electron chi connectivity index (χ3n) is 5.05. The van der Waals surface area contributed by atoms with Crippen molar-refractivity contribution >= 4 is 0 Å². The molecule has 0 saturated carbocycles. The Kier molecular flexibility index (Phi) is 4.78. The van der Waals surface area contributed by atoms with Gasteiger partial charge in [-0.15, -0.1) is 0 Å². The minimum absolute atomic E-state index is 0.128. The Morgan fingerprint density at radius 3 is 2.39 bits per heavy atom. The normalized spacial score (nSPS) is 11.5. The van der Waals surface area contributed by atoms with Crippen LogP contribution in [0.2, 0.25) is 0 Å². The molecule has 0 radical (unpaired) electrons. The van der Waals surface area contributed by atoms with Gasteiger partial charge in [0.2, 0.25) is 0 Å². The van der Waals surface area contributed by atoms with E-state index in [1.807, 2.05) is 6.07 Å². The van der Waals surface area contributed by atoms with E-state index in [4.69, 9.17) is 5.26 Å². The van der Waals surface area contributed by atoms with Gasteiger partial charge in [-0.05, 0) is 55.5 Å². The van der Waals surface area contributed by atoms with Crippen LogP contribution in [0.15, 0.2) is 65.6 Å². The Labute approximate surface area is 175 Å². The molecule has 0 N–H and O–H groups in total. The number of nitriles is 1. The number of benzene rings is 2. The molecule has 9 heteroatoms. The zero-order valence-corrected chi connectivity index (χ0v) is 16.6. The van der Waals surface area contributed by atoms with E-state index in [9.17, 15) is 18.0 Å². The van der Waals surface area contributed by atoms with Gasteiger partial charge in [-0.25, -0.2) is 9.48 Å². The molecule has 2 heterocycles. The summed E-state index contributed by atoms with van der Waals surface area (Å²) < 4.78 is 43.7. The third kappa shape index (κ3) is 3.42. The van der Waals surface area contributed by atoms with Crippen LogP contribution in [-0.4, -0.2) is 18.9 Å². The molecule has 0 aliphatic rings. The number of alkyl halides is 3. The molecule has 2 aromatic carbocycles. The monoisotopic (exact) mass is 423 g/mol. The average molecular weight is 423 g/mol. The highest BCUT2D eigenvalue weighted by Gasteiger charge is 2.31. The molecule has 0 spiro atoms. The first-order valence-electron chi connectivity index (χ1n) is 9.23. The van der Waals surface area contributed by atoms with Crippen LogP contribution in [-0.2, 0) is 13.2 Å². The van der Waals surface area contributed by atoms with Crippen LogP contribution >= 0.6 is 0 Å². The Balaban J connectivity index is 1.88. The first-order valence-corrected chi connectivity index (χ1v) is 9.23. The lowest BCUT2D eigenvalue weighted by Gasteiger charge is -2.11. The molecule has 6 nitrogen and oxygen atoms in total. The molecule has 0 aliphatic carbocycles. The van der Waals surface area contributed by atoms with E-state index in [0.29, 0.717) is 28.3 Å². The predicted molar refractivity (Wildman–Crippen MR) is 108 cm³/mol. The van der Waals surface area contributed by atoms with E-state index in [2.05, 4.69) is 5.10 Å². The van der Waals surface area contributed by atoms with Gasteiger partial charge in [-0.3, -0.25) is 9.13 Å². The van der Waals surface area contributed by atoms with E-state index < -0.39 is 17.4 Å². The quantitative estimate of drug-likeness (QED) is 0.495. The minimum Gasteiger partial charge on any atom is -0.293 e. The number of nitrogens with zero attached hydrogens (tertiary/aromatic N) is 5. The zero-order valence-electron chi connectivity index (χ0n) is 16.6. The lowest BCUT2D eigenvalue weighted by atomic mass is 10.2. The van der Waals surface area contributed by atoms with Gasteiger partial charge in [0.1, 0.15) is 0 Å². The van der Waals surface area contributed by atoms with Crippen molar-refractivity contribution in [1.29, 1.82) is 5.26 Å². The topological polar surface area (TPSA) is 68.5 Å². The predicted octanol–water partition coefficient (Wildman–Crippen LogP) is 4.23. The molecule has 0 saturated heterocycles. The van der Waals surface area contributed by atoms with Crippen molar-refractivity contribution in [2.45, 2.75) is 13.1 Å². The largest absolute Gasteiger partial charge is 0.416 e. The van der Waals surface area contributed by atoms with E-state index >= 15 is 0 Å². The molecule has 31 heavy (non-hydrogen) atoms. The Hall–Kier alpha value is -4.06. The summed E-state index contributed by atoms with van der Waals surface area (Å²) in [6.45, 7) is 1.67. The number of imidazole rings is 1. The van der Waals surface area contributed by atoms with Gasteiger partial charge in [0, 0.05) is 7.05 Å². The molecule has 2 aromatic heterocycles. The average Bonchev–Trinajstić information content (AvgIpc) is 3.30. The van der Waals surface area contributed by atoms with Crippen LogP contribution in [0, 0.1) is 18.3 Å². The molecular formula is C22H16F3N5O. The summed E-state index contributed by atoms with van der Waals surface area (Å²) in [7, 11) is 1.56. The van der Waals surface area contributed by atoms with Crippen LogP contribution in [0.5, 0.6) is 0 Å². The molecule has 0 fully saturated rings. The lowest BCUT2D eigenvalue weighted by Crippen LogP contribution is -2.22. The highest BCUT2D eigenvalue weighted by molar-refractivity contribution is 5.62. The van der Waals surface area contributed by atoms with Gasteiger partial charge in [-0.1, -0.05) is 6.07 Å². The van der Waals surface area contributed by atoms with Gasteiger partial charge in [0.25, 0.3) is 0 Å². The highest BCUT2D eigenvalue weighted by atomic mass is 19.4. The van der Waals surface area contributed by atoms with Crippen molar-refractivity contribution in [3.8, 4) is 28.8 Å². The van der Waals surface area contributed by atoms with Crippen LogP contribution in [0.4, 0.5) is 13.2 Å². The summed E-state index contributed by atoms with van der Waals surface area (Å²) in [4.78, 5) is 13.0. The standard InChI is InChI=1S/C22H16F3N5O/c1-14-20(19-10-11-27-30(19)17-8-6-15(13-26)7-9-17)28(2)21(31)29(14)18-5-3-4-16(12-18)22(23,24)25/h3-12H,1-2H3. The van der Waals surface area contributed by atoms with Gasteiger partial charge in [0.05, 0.1) is 51.8 Å². The number of rotatable bonds is 3. The maximum Gasteiger partial charge on any atom is 0.416 e. The fraction of sp³-hybridized carbons (Fsp3) is 0.136. The van der Waals surface area contributed by atoms with Crippen LogP contribution in [0.25, 0.3) is 22.8 Å². The third-order valence-corrected chi connectivity index (χ3v) is 5.05. The van der Waals surface area contributed by atoms with Crippen molar-refractivity contribution in [3.05, 3.63) is 88.1 Å². The van der Waals surface area contributed by atoms with Gasteiger partial charge in [0.15, 0.2) is 0 Å². The number of hydrogen-bond acceptors (Lipinski definition) is 3. The summed E-state index contributed by atoms with van der Waals surface area (Å²) in [6, 6.07) is 15.2. The first kappa shape index (κ1) is 20.2. The second-order valence-electron chi connectivity index (χ2n) is 6.95. The zero-order chi connectivity index (χ0) is 22.3. The fourth-order valence-electron chi connectivity index (χ4n) is 3.59. The first-order chi connectivity index (χ1) is 14.7. The maximum absolute atomic E-state index is 13.2. The Morgan fingerprint density at radius 2 is 1.74 bits per heavy atom. The smallest absolute Gasteiger partial charge is 0.293 e. The van der Waals surface area contributed by atoms with Crippen LogP contribution in [0.1, 0.15) is 16.8 Å². The summed E-state index contributed by atoms with van der Waals surface area (Å²) in [6.07, 6.45) is -2.95. The van der Waals surface area contributed by atoms with Crippen molar-refractivity contribution in [2.24, 2.45) is 7.05 Å². The van der Waals surface area contributed by atoms with Gasteiger partial charge in [-0.2, -0.15) is 23.5 Å². The Morgan fingerprint density at radius 1 is 1.03 bits per heavy atom. The maximum atomic E-state index is 13.2. The van der Waals surface area contributed by atoms with Crippen molar-refractivity contribution in [3.63, 3.8) is 0 Å². The molecule has 0 atom stereocenters. The minimum atomic E-state index is -4.51. The molecule has 0 unspecified atom stereocenters. The van der Waals surface area contributed by atoms with E-state index in [0.717, 1.165) is 12.1 Å². The second-order valence-corrected chi connectivity index (χ2v) is 6.95. The molecule has 4 aromatic rings. The summed E-state index contributed by atoms with van der Waals surface area (Å²) in [5, 5.41) is 13.3. The number of aromatic nitrogens is 4. The van der Waals surface area contributed by atoms with E-state index in [1.165, 1.54) is 21.3 Å². The highest BCUT2D eigenvalue weighted by Crippen LogP contribution is 2.31. The fourth-order valence-corrected chi connectivity index (χ4v) is 3.59. The second kappa shape index (κ2) is 7.32. The van der Waals surface area contributed by atoms with Crippen LogP contribution in [0.3, 0.4) is 0 Å². The SMILES string of the molecule is Cc1c(-c2ccnn2-c2ccc(C#N)cc2)n(C)c(=O)n1-c1cccc(C(F)(F)F)c1. The molecule has 0 aliphatic heterocycles. The molecule has 4 rings (SSSR count). The summed E-state index contributed by atoms with van der Waals surface area (Å²) in [5.41, 5.74) is 1.58. The van der Waals surface area contributed by atoms with E-state index in [1.54, 1.807) is 55.2 Å². The Bertz CT molecular complexity index is 1370. The van der Waals surface area contributed by atoms with Gasteiger partial charge >= 0.3 is 11.9 Å². The van der Waals surface area contributed by atoms with Crippen molar-refractivity contribution in [1.82, 2.24) is 18.9 Å².